The molecular formula is C54H56N2. The van der Waals surface area contributed by atoms with Crippen molar-refractivity contribution in [2.24, 2.45) is 0 Å². The summed E-state index contributed by atoms with van der Waals surface area (Å²) in [5.41, 5.74) is 10.6. The van der Waals surface area contributed by atoms with E-state index < -0.39 is 0 Å². The summed E-state index contributed by atoms with van der Waals surface area (Å²) in [6, 6.07) is 50.8. The van der Waals surface area contributed by atoms with Gasteiger partial charge in [0.15, 0.2) is 0 Å². The molecule has 2 aromatic heterocycles. The average Bonchev–Trinajstić information content (AvgIpc) is 3.73. The number of nitrogens with zero attached hydrogens (tertiary/aromatic N) is 2. The molecule has 0 fully saturated rings. The van der Waals surface area contributed by atoms with Gasteiger partial charge in [-0.2, -0.15) is 0 Å². The van der Waals surface area contributed by atoms with Crippen LogP contribution in [0.25, 0.3) is 87.4 Å². The Balaban J connectivity index is 1.15. The molecule has 0 aliphatic heterocycles. The van der Waals surface area contributed by atoms with Crippen LogP contribution in [0.2, 0.25) is 0 Å². The number of para-hydroxylation sites is 2. The van der Waals surface area contributed by atoms with Gasteiger partial charge in [-0.3, -0.25) is 0 Å². The fourth-order valence-corrected chi connectivity index (χ4v) is 9.75. The van der Waals surface area contributed by atoms with E-state index in [0.717, 1.165) is 13.1 Å². The van der Waals surface area contributed by atoms with Gasteiger partial charge in [-0.1, -0.05) is 175 Å². The molecule has 0 radical (unpaired) electrons. The number of hydrogen-bond acceptors (Lipinski definition) is 0. The molecule has 56 heavy (non-hydrogen) atoms. The van der Waals surface area contributed by atoms with Crippen molar-refractivity contribution in [3.63, 3.8) is 0 Å². The van der Waals surface area contributed by atoms with Crippen LogP contribution in [0.1, 0.15) is 90.9 Å². The van der Waals surface area contributed by atoms with Crippen molar-refractivity contribution in [2.45, 2.75) is 104 Å². The van der Waals surface area contributed by atoms with Gasteiger partial charge in [0.2, 0.25) is 0 Å². The summed E-state index contributed by atoms with van der Waals surface area (Å²) in [7, 11) is 0. The molecule has 7 aromatic carbocycles. The lowest BCUT2D eigenvalue weighted by molar-refractivity contribution is 0.571. The normalized spacial score (nSPS) is 12.0. The number of hydrogen-bond donors (Lipinski definition) is 0. The number of aromatic nitrogens is 2. The molecule has 0 aliphatic rings. The Morgan fingerprint density at radius 2 is 0.625 bits per heavy atom. The molecule has 0 bridgehead atoms. The van der Waals surface area contributed by atoms with Gasteiger partial charge in [0.05, 0.1) is 0 Å². The van der Waals surface area contributed by atoms with Crippen molar-refractivity contribution in [3.05, 3.63) is 133 Å². The molecule has 0 spiro atoms. The van der Waals surface area contributed by atoms with E-state index in [0.29, 0.717) is 0 Å². The monoisotopic (exact) mass is 732 g/mol. The first-order chi connectivity index (χ1) is 27.8. The van der Waals surface area contributed by atoms with Crippen molar-refractivity contribution >= 4 is 65.2 Å². The summed E-state index contributed by atoms with van der Waals surface area (Å²) in [4.78, 5) is 0. The topological polar surface area (TPSA) is 9.86 Å². The minimum absolute atomic E-state index is 1.07. The number of rotatable bonds is 16. The first-order valence-electron chi connectivity index (χ1n) is 21.7. The maximum Gasteiger partial charge on any atom is 0.0491 e. The fraction of sp³-hybridized carbons (Fsp3) is 0.296. The third-order valence-electron chi connectivity index (χ3n) is 12.5. The lowest BCUT2D eigenvalue weighted by Crippen LogP contribution is -1.98. The molecular weight excluding hydrogens is 677 g/mol. The summed E-state index contributed by atoms with van der Waals surface area (Å²) in [6.45, 7) is 6.73. The average molecular weight is 733 g/mol. The van der Waals surface area contributed by atoms with Crippen LogP contribution < -0.4 is 0 Å². The van der Waals surface area contributed by atoms with Gasteiger partial charge in [-0.05, 0) is 93.0 Å². The lowest BCUT2D eigenvalue weighted by Gasteiger charge is -2.18. The molecule has 2 nitrogen and oxygen atoms in total. The summed E-state index contributed by atoms with van der Waals surface area (Å²) in [6.07, 6.45) is 15.7. The highest BCUT2D eigenvalue weighted by Crippen LogP contribution is 2.46. The van der Waals surface area contributed by atoms with Crippen molar-refractivity contribution in [3.8, 4) is 22.3 Å². The quantitative estimate of drug-likeness (QED) is 0.0691. The van der Waals surface area contributed by atoms with Gasteiger partial charge in [-0.25, -0.2) is 0 Å². The van der Waals surface area contributed by atoms with E-state index in [-0.39, 0.29) is 0 Å². The van der Waals surface area contributed by atoms with E-state index >= 15 is 0 Å². The van der Waals surface area contributed by atoms with E-state index in [4.69, 9.17) is 0 Å². The molecule has 9 aromatic rings. The van der Waals surface area contributed by atoms with E-state index in [1.807, 2.05) is 0 Å². The smallest absolute Gasteiger partial charge is 0.0491 e. The van der Waals surface area contributed by atoms with Crippen molar-refractivity contribution in [1.82, 2.24) is 9.13 Å². The fourth-order valence-electron chi connectivity index (χ4n) is 9.75. The highest BCUT2D eigenvalue weighted by Gasteiger charge is 2.20. The van der Waals surface area contributed by atoms with Crippen LogP contribution in [0, 0.1) is 0 Å². The van der Waals surface area contributed by atoms with Gasteiger partial charge >= 0.3 is 0 Å². The van der Waals surface area contributed by atoms with Crippen LogP contribution in [-0.2, 0) is 13.1 Å². The standard InChI is InChI=1S/C54H56N2/c1-3-5-7-9-11-21-35-55-49-29-19-17-23-41(49)47-37-39(31-33-51(47)55)53-43-25-13-15-27-45(43)54(46-28-16-14-26-44(46)53)40-32-34-52-48(38-40)42-24-18-20-30-50(42)56(52)36-22-12-10-8-6-4-2/h13-20,23-34,37-38H,3-12,21-22,35-36H2,1-2H3. The maximum absolute atomic E-state index is 2.58. The van der Waals surface area contributed by atoms with E-state index in [2.05, 4.69) is 156 Å². The predicted octanol–water partition coefficient (Wildman–Crippen LogP) is 16.3. The minimum atomic E-state index is 1.07. The van der Waals surface area contributed by atoms with Crippen LogP contribution in [0.5, 0.6) is 0 Å². The zero-order valence-electron chi connectivity index (χ0n) is 33.5. The second-order valence-electron chi connectivity index (χ2n) is 16.2. The third kappa shape index (κ3) is 6.68. The molecule has 0 amide bonds. The van der Waals surface area contributed by atoms with Crippen LogP contribution in [-0.4, -0.2) is 9.13 Å². The predicted molar refractivity (Wildman–Crippen MR) is 245 cm³/mol. The number of fused-ring (bicyclic) bond motifs is 8. The second-order valence-corrected chi connectivity index (χ2v) is 16.2. The van der Waals surface area contributed by atoms with Crippen LogP contribution in [0.3, 0.4) is 0 Å². The largest absolute Gasteiger partial charge is 0.340 e. The Morgan fingerprint density at radius 1 is 0.304 bits per heavy atom. The van der Waals surface area contributed by atoms with Crippen molar-refractivity contribution in [2.75, 3.05) is 0 Å². The zero-order valence-corrected chi connectivity index (χ0v) is 33.5. The highest BCUT2D eigenvalue weighted by molar-refractivity contribution is 6.23. The Morgan fingerprint density at radius 3 is 1.02 bits per heavy atom. The molecule has 0 unspecified atom stereocenters. The molecule has 0 N–H and O–H groups in total. The van der Waals surface area contributed by atoms with E-state index in [9.17, 15) is 0 Å². The van der Waals surface area contributed by atoms with Crippen molar-refractivity contribution < 1.29 is 0 Å². The third-order valence-corrected chi connectivity index (χ3v) is 12.5. The summed E-state index contributed by atoms with van der Waals surface area (Å²) in [5, 5.41) is 10.6. The van der Waals surface area contributed by atoms with Gasteiger partial charge < -0.3 is 9.13 Å². The Hall–Kier alpha value is -5.34. The Bertz CT molecular complexity index is 2540. The maximum atomic E-state index is 2.58. The Kier molecular flexibility index (Phi) is 10.6. The van der Waals surface area contributed by atoms with Crippen LogP contribution in [0.4, 0.5) is 0 Å². The number of benzene rings is 7. The first kappa shape index (κ1) is 36.3. The number of aryl methyl sites for hydroxylation is 2. The van der Waals surface area contributed by atoms with Gasteiger partial charge in [0.25, 0.3) is 0 Å². The SMILES string of the molecule is CCCCCCCCn1c2ccccc2c2cc(-c3c4ccccc4c(-c4ccc5c(c4)c4ccccc4n5CCCCCCCC)c4ccccc34)ccc21. The van der Waals surface area contributed by atoms with E-state index in [1.54, 1.807) is 0 Å². The van der Waals surface area contributed by atoms with Gasteiger partial charge in [0, 0.05) is 56.7 Å². The molecule has 2 heterocycles. The zero-order chi connectivity index (χ0) is 37.8. The van der Waals surface area contributed by atoms with Crippen LogP contribution in [0.15, 0.2) is 133 Å². The number of unbranched alkanes of at least 4 members (excludes halogenated alkanes) is 10. The van der Waals surface area contributed by atoms with E-state index in [1.165, 1.54) is 164 Å². The molecule has 0 atom stereocenters. The molecule has 0 aliphatic carbocycles. The highest BCUT2D eigenvalue weighted by atomic mass is 15.0. The minimum Gasteiger partial charge on any atom is -0.340 e. The summed E-state index contributed by atoms with van der Waals surface area (Å²) in [5.74, 6) is 0. The summed E-state index contributed by atoms with van der Waals surface area (Å²) >= 11 is 0. The lowest BCUT2D eigenvalue weighted by atomic mass is 9.85. The second kappa shape index (κ2) is 16.4. The Labute approximate surface area is 332 Å². The van der Waals surface area contributed by atoms with Crippen LogP contribution >= 0.6 is 0 Å². The molecule has 0 saturated carbocycles. The summed E-state index contributed by atoms with van der Waals surface area (Å²) < 4.78 is 5.16. The molecule has 9 rings (SSSR count). The van der Waals surface area contributed by atoms with Crippen molar-refractivity contribution in [1.29, 1.82) is 0 Å². The molecule has 0 saturated heterocycles. The molecule has 2 heteroatoms. The molecule has 282 valence electrons. The van der Waals surface area contributed by atoms with Gasteiger partial charge in [-0.15, -0.1) is 0 Å². The first-order valence-corrected chi connectivity index (χ1v) is 21.7. The van der Waals surface area contributed by atoms with Gasteiger partial charge in [0.1, 0.15) is 0 Å².